The van der Waals surface area contributed by atoms with Crippen molar-refractivity contribution in [1.82, 2.24) is 9.55 Å². The molecule has 0 saturated heterocycles. The van der Waals surface area contributed by atoms with Gasteiger partial charge in [0.1, 0.15) is 11.6 Å². The van der Waals surface area contributed by atoms with Crippen molar-refractivity contribution in [3.8, 4) is 5.75 Å². The minimum Gasteiger partial charge on any atom is -0.497 e. The van der Waals surface area contributed by atoms with Gasteiger partial charge in [-0.05, 0) is 26.0 Å². The fraction of sp³-hybridized carbons (Fsp3) is 0.500. The van der Waals surface area contributed by atoms with Crippen LogP contribution in [0.3, 0.4) is 0 Å². The van der Waals surface area contributed by atoms with E-state index in [1.54, 1.807) is 13.4 Å². The number of rotatable bonds is 5. The first-order valence-corrected chi connectivity index (χ1v) is 8.50. The second-order valence-corrected chi connectivity index (χ2v) is 7.32. The molecule has 3 unspecified atom stereocenters. The molecule has 4 nitrogen and oxygen atoms in total. The van der Waals surface area contributed by atoms with E-state index in [0.29, 0.717) is 6.54 Å². The molecule has 0 bridgehead atoms. The quantitative estimate of drug-likeness (QED) is 0.797. The van der Waals surface area contributed by atoms with Crippen LogP contribution in [0.4, 0.5) is 0 Å². The van der Waals surface area contributed by atoms with Gasteiger partial charge < -0.3 is 9.30 Å². The molecule has 0 fully saturated rings. The minimum atomic E-state index is -0.889. The maximum atomic E-state index is 11.6. The third kappa shape index (κ3) is 2.99. The third-order valence-corrected chi connectivity index (χ3v) is 4.82. The molecule has 0 spiro atoms. The maximum absolute atomic E-state index is 11.6. The summed E-state index contributed by atoms with van der Waals surface area (Å²) in [6, 6.07) is 5.74. The normalized spacial score (nSPS) is 16.1. The number of ether oxygens (including phenoxy) is 1. The molecule has 3 atom stereocenters. The molecule has 20 heavy (non-hydrogen) atoms. The highest BCUT2D eigenvalue weighted by molar-refractivity contribution is 7.84. The van der Waals surface area contributed by atoms with Gasteiger partial charge in [0, 0.05) is 34.9 Å². The van der Waals surface area contributed by atoms with Crippen LogP contribution in [0.5, 0.6) is 5.75 Å². The molecule has 0 N–H and O–H groups in total. The number of benzene rings is 1. The van der Waals surface area contributed by atoms with Gasteiger partial charge in [-0.3, -0.25) is 4.21 Å². The topological polar surface area (TPSA) is 44.1 Å². The van der Waals surface area contributed by atoms with Gasteiger partial charge in [0.25, 0.3) is 0 Å². The summed E-state index contributed by atoms with van der Waals surface area (Å²) in [5.41, 5.74) is 1.84. The number of imidazole rings is 1. The first-order valence-electron chi connectivity index (χ1n) is 6.44. The second-order valence-electron chi connectivity index (χ2n) is 4.86. The summed E-state index contributed by atoms with van der Waals surface area (Å²) in [5, 5.41) is -0.168. The third-order valence-electron chi connectivity index (χ3n) is 3.35. The molecular formula is C14H19ClN2O2S. The van der Waals surface area contributed by atoms with Gasteiger partial charge in [-0.1, -0.05) is 0 Å². The fourth-order valence-electron chi connectivity index (χ4n) is 2.11. The number of hydrogen-bond acceptors (Lipinski definition) is 3. The summed E-state index contributed by atoms with van der Waals surface area (Å²) in [6.45, 7) is 4.48. The lowest BCUT2D eigenvalue weighted by atomic mass is 10.3. The molecule has 0 aliphatic carbocycles. The van der Waals surface area contributed by atoms with Crippen LogP contribution in [0.15, 0.2) is 18.2 Å². The minimum absolute atomic E-state index is 0.0350. The van der Waals surface area contributed by atoms with Crippen molar-refractivity contribution in [1.29, 1.82) is 0 Å². The number of fused-ring (bicyclic) bond motifs is 1. The number of alkyl halides is 1. The van der Waals surface area contributed by atoms with Gasteiger partial charge >= 0.3 is 0 Å². The van der Waals surface area contributed by atoms with Gasteiger partial charge in [-0.25, -0.2) is 4.98 Å². The molecule has 2 rings (SSSR count). The summed E-state index contributed by atoms with van der Waals surface area (Å²) in [6.07, 6.45) is 1.72. The van der Waals surface area contributed by atoms with E-state index in [1.807, 2.05) is 36.6 Å². The molecule has 0 saturated carbocycles. The van der Waals surface area contributed by atoms with Crippen LogP contribution in [0.25, 0.3) is 11.0 Å². The average Bonchev–Trinajstić information content (AvgIpc) is 2.76. The predicted molar refractivity (Wildman–Crippen MR) is 84.1 cm³/mol. The largest absolute Gasteiger partial charge is 0.497 e. The first-order chi connectivity index (χ1) is 9.43. The highest BCUT2D eigenvalue weighted by Crippen LogP contribution is 2.27. The lowest BCUT2D eigenvalue weighted by Gasteiger charge is -2.14. The van der Waals surface area contributed by atoms with Crippen molar-refractivity contribution in [3.05, 3.63) is 24.0 Å². The molecule has 1 aromatic carbocycles. The standard InChI is InChI=1S/C14H19ClN2O2S/c1-9(20(4)18)8-17-13-7-11(19-3)5-6-12(13)16-14(17)10(2)15/h5-7,9-10H,8H2,1-4H3. The molecular weight excluding hydrogens is 296 g/mol. The highest BCUT2D eigenvalue weighted by Gasteiger charge is 2.18. The van der Waals surface area contributed by atoms with E-state index in [9.17, 15) is 4.21 Å². The zero-order chi connectivity index (χ0) is 14.9. The summed E-state index contributed by atoms with van der Waals surface area (Å²) in [5.74, 6) is 1.57. The zero-order valence-electron chi connectivity index (χ0n) is 12.1. The van der Waals surface area contributed by atoms with Crippen molar-refractivity contribution in [2.45, 2.75) is 31.0 Å². The Morgan fingerprint density at radius 2 is 2.15 bits per heavy atom. The highest BCUT2D eigenvalue weighted by atomic mass is 35.5. The Bertz CT molecular complexity index is 639. The van der Waals surface area contributed by atoms with Crippen molar-refractivity contribution >= 4 is 33.4 Å². The van der Waals surface area contributed by atoms with Crippen LogP contribution in [0.2, 0.25) is 0 Å². The van der Waals surface area contributed by atoms with E-state index in [2.05, 4.69) is 4.98 Å². The van der Waals surface area contributed by atoms with Gasteiger partial charge in [-0.15, -0.1) is 11.6 Å². The predicted octanol–water partition coefficient (Wildman–Crippen LogP) is 3.11. The van der Waals surface area contributed by atoms with Crippen molar-refractivity contribution in [2.24, 2.45) is 0 Å². The van der Waals surface area contributed by atoms with Gasteiger partial charge in [0.15, 0.2) is 0 Å². The number of hydrogen-bond donors (Lipinski definition) is 0. The zero-order valence-corrected chi connectivity index (χ0v) is 13.7. The summed E-state index contributed by atoms with van der Waals surface area (Å²) in [7, 11) is 0.746. The van der Waals surface area contributed by atoms with Gasteiger partial charge in [0.2, 0.25) is 0 Å². The van der Waals surface area contributed by atoms with Crippen LogP contribution < -0.4 is 4.74 Å². The van der Waals surface area contributed by atoms with Crippen molar-refractivity contribution < 1.29 is 8.95 Å². The Morgan fingerprint density at radius 3 is 2.70 bits per heavy atom. The molecule has 0 amide bonds. The van der Waals surface area contributed by atoms with Crippen molar-refractivity contribution in [3.63, 3.8) is 0 Å². The SMILES string of the molecule is COc1ccc2nc(C(C)Cl)n(CC(C)S(C)=O)c2c1. The molecule has 6 heteroatoms. The van der Waals surface area contributed by atoms with Crippen LogP contribution in [0.1, 0.15) is 25.0 Å². The Morgan fingerprint density at radius 1 is 1.45 bits per heavy atom. The van der Waals surface area contributed by atoms with E-state index >= 15 is 0 Å². The van der Waals surface area contributed by atoms with Crippen LogP contribution in [0, 0.1) is 0 Å². The summed E-state index contributed by atoms with van der Waals surface area (Å²) in [4.78, 5) is 4.58. The summed E-state index contributed by atoms with van der Waals surface area (Å²) >= 11 is 6.23. The Hall–Kier alpha value is -1.07. The Labute approximate surface area is 126 Å². The van der Waals surface area contributed by atoms with E-state index in [-0.39, 0.29) is 10.6 Å². The van der Waals surface area contributed by atoms with Crippen LogP contribution in [-0.2, 0) is 17.3 Å². The van der Waals surface area contributed by atoms with E-state index in [1.165, 1.54) is 0 Å². The molecule has 2 aromatic rings. The number of nitrogens with zero attached hydrogens (tertiary/aromatic N) is 2. The number of methoxy groups -OCH3 is 1. The lowest BCUT2D eigenvalue weighted by Crippen LogP contribution is -2.19. The van der Waals surface area contributed by atoms with Gasteiger partial charge in [-0.2, -0.15) is 0 Å². The molecule has 0 aliphatic rings. The van der Waals surface area contributed by atoms with Crippen LogP contribution >= 0.6 is 11.6 Å². The molecule has 0 radical (unpaired) electrons. The smallest absolute Gasteiger partial charge is 0.127 e. The molecule has 110 valence electrons. The Balaban J connectivity index is 2.57. The first kappa shape index (κ1) is 15.3. The molecule has 0 aliphatic heterocycles. The van der Waals surface area contributed by atoms with E-state index < -0.39 is 10.8 Å². The molecule has 1 heterocycles. The lowest BCUT2D eigenvalue weighted by molar-refractivity contribution is 0.415. The average molecular weight is 315 g/mol. The number of halogens is 1. The second kappa shape index (κ2) is 6.14. The molecule has 1 aromatic heterocycles. The summed E-state index contributed by atoms with van der Waals surface area (Å²) < 4.78 is 18.9. The van der Waals surface area contributed by atoms with E-state index in [0.717, 1.165) is 22.6 Å². The fourth-order valence-corrected chi connectivity index (χ4v) is 2.63. The maximum Gasteiger partial charge on any atom is 0.127 e. The Kier molecular flexibility index (Phi) is 4.70. The number of aromatic nitrogens is 2. The van der Waals surface area contributed by atoms with Crippen LogP contribution in [-0.4, -0.2) is 32.4 Å². The van der Waals surface area contributed by atoms with Crippen molar-refractivity contribution in [2.75, 3.05) is 13.4 Å². The van der Waals surface area contributed by atoms with Gasteiger partial charge in [0.05, 0.1) is 23.5 Å². The van der Waals surface area contributed by atoms with E-state index in [4.69, 9.17) is 16.3 Å². The monoisotopic (exact) mass is 314 g/mol.